The van der Waals surface area contributed by atoms with E-state index in [0.29, 0.717) is 4.47 Å². The van der Waals surface area contributed by atoms with E-state index < -0.39 is 27.2 Å². The van der Waals surface area contributed by atoms with Gasteiger partial charge in [0.05, 0.1) is 25.2 Å². The fourth-order valence-electron chi connectivity index (χ4n) is 1.74. The Labute approximate surface area is 124 Å². The predicted molar refractivity (Wildman–Crippen MR) is 72.9 cm³/mol. The molecule has 1 aliphatic heterocycles. The maximum absolute atomic E-state index is 12.2. The highest BCUT2D eigenvalue weighted by molar-refractivity contribution is 9.10. The number of ether oxygens (including phenoxy) is 2. The molecule has 20 heavy (non-hydrogen) atoms. The molecule has 1 N–H and O–H groups in total. The Morgan fingerprint density at radius 3 is 2.60 bits per heavy atom. The highest BCUT2D eigenvalue weighted by Crippen LogP contribution is 2.30. The van der Waals surface area contributed by atoms with E-state index in [9.17, 15) is 18.3 Å². The summed E-state index contributed by atoms with van der Waals surface area (Å²) in [5.74, 6) is -0.806. The van der Waals surface area contributed by atoms with E-state index in [1.165, 1.54) is 18.2 Å². The van der Waals surface area contributed by atoms with Gasteiger partial charge in [-0.05, 0) is 33.6 Å². The molecule has 1 aliphatic rings. The number of rotatable bonds is 4. The van der Waals surface area contributed by atoms with E-state index in [1.807, 2.05) is 0 Å². The van der Waals surface area contributed by atoms with Gasteiger partial charge in [-0.15, -0.1) is 0 Å². The fourth-order valence-corrected chi connectivity index (χ4v) is 4.31. The van der Waals surface area contributed by atoms with Crippen molar-refractivity contribution in [2.45, 2.75) is 16.2 Å². The lowest BCUT2D eigenvalue weighted by molar-refractivity contribution is -0.150. The first-order chi connectivity index (χ1) is 9.37. The van der Waals surface area contributed by atoms with E-state index in [-0.39, 0.29) is 23.7 Å². The lowest BCUT2D eigenvalue weighted by Crippen LogP contribution is -2.40. The van der Waals surface area contributed by atoms with Crippen LogP contribution in [0.4, 0.5) is 0 Å². The van der Waals surface area contributed by atoms with Crippen LogP contribution in [0.2, 0.25) is 0 Å². The minimum Gasteiger partial charge on any atom is -0.467 e. The lowest BCUT2D eigenvalue weighted by atomic mass is 10.1. The molecule has 6 nitrogen and oxygen atoms in total. The second-order valence-corrected chi connectivity index (χ2v) is 7.37. The predicted octanol–water partition coefficient (Wildman–Crippen LogP) is 0.828. The molecule has 1 heterocycles. The van der Waals surface area contributed by atoms with Crippen molar-refractivity contribution < 1.29 is 27.8 Å². The van der Waals surface area contributed by atoms with Crippen LogP contribution in [-0.2, 0) is 24.1 Å². The van der Waals surface area contributed by atoms with Gasteiger partial charge in [0.2, 0.25) is 0 Å². The van der Waals surface area contributed by atoms with E-state index in [4.69, 9.17) is 4.74 Å². The number of esters is 1. The molecular weight excluding hydrogens is 352 g/mol. The molecule has 1 atom stereocenters. The topological polar surface area (TPSA) is 89.9 Å². The molecule has 0 aliphatic carbocycles. The summed E-state index contributed by atoms with van der Waals surface area (Å²) in [5.41, 5.74) is 0.257. The largest absolute Gasteiger partial charge is 0.467 e. The Morgan fingerprint density at radius 1 is 1.50 bits per heavy atom. The van der Waals surface area contributed by atoms with E-state index in [0.717, 1.165) is 7.11 Å². The van der Waals surface area contributed by atoms with Gasteiger partial charge in [0.1, 0.15) is 5.25 Å². The third kappa shape index (κ3) is 2.73. The monoisotopic (exact) mass is 364 g/mol. The number of carbonyl (C=O) groups is 1. The van der Waals surface area contributed by atoms with Gasteiger partial charge in [-0.25, -0.2) is 13.2 Å². The molecule has 8 heteroatoms. The quantitative estimate of drug-likeness (QED) is 0.795. The van der Waals surface area contributed by atoms with Crippen LogP contribution in [0.15, 0.2) is 27.6 Å². The van der Waals surface area contributed by atoms with Gasteiger partial charge in [0, 0.05) is 4.47 Å². The summed E-state index contributed by atoms with van der Waals surface area (Å²) in [5, 5.41) is 9.16. The van der Waals surface area contributed by atoms with Crippen LogP contribution in [0.25, 0.3) is 0 Å². The number of hydrogen-bond acceptors (Lipinski definition) is 6. The van der Waals surface area contributed by atoms with Crippen LogP contribution in [0, 0.1) is 0 Å². The SMILES string of the molecule is COC(=O)C(O)c1ccc(S(=O)(=O)C2COC2)c(Br)c1. The van der Waals surface area contributed by atoms with Crippen LogP contribution < -0.4 is 0 Å². The van der Waals surface area contributed by atoms with Crippen LogP contribution in [0.3, 0.4) is 0 Å². The molecule has 1 aromatic carbocycles. The van der Waals surface area contributed by atoms with Crippen molar-refractivity contribution in [3.8, 4) is 0 Å². The Hall–Kier alpha value is -0.960. The van der Waals surface area contributed by atoms with Crippen molar-refractivity contribution in [3.63, 3.8) is 0 Å². The summed E-state index contributed by atoms with van der Waals surface area (Å²) in [4.78, 5) is 11.4. The molecule has 2 rings (SSSR count). The second kappa shape index (κ2) is 5.80. The van der Waals surface area contributed by atoms with Gasteiger partial charge in [-0.3, -0.25) is 0 Å². The van der Waals surface area contributed by atoms with Gasteiger partial charge in [0.15, 0.2) is 15.9 Å². The number of hydrogen-bond donors (Lipinski definition) is 1. The molecule has 1 aromatic rings. The highest BCUT2D eigenvalue weighted by Gasteiger charge is 2.35. The minimum atomic E-state index is -3.47. The van der Waals surface area contributed by atoms with Crippen LogP contribution in [-0.4, -0.2) is 45.1 Å². The average Bonchev–Trinajstić information content (AvgIpc) is 2.33. The van der Waals surface area contributed by atoms with Gasteiger partial charge in [0.25, 0.3) is 0 Å². The maximum Gasteiger partial charge on any atom is 0.339 e. The van der Waals surface area contributed by atoms with Crippen molar-refractivity contribution >= 4 is 31.7 Å². The molecule has 1 unspecified atom stereocenters. The smallest absolute Gasteiger partial charge is 0.339 e. The molecule has 1 saturated heterocycles. The van der Waals surface area contributed by atoms with Gasteiger partial charge in [-0.1, -0.05) is 6.07 Å². The molecular formula is C12H13BrO6S. The third-order valence-electron chi connectivity index (χ3n) is 3.05. The van der Waals surface area contributed by atoms with Crippen molar-refractivity contribution in [2.24, 2.45) is 0 Å². The van der Waals surface area contributed by atoms with Crippen LogP contribution in [0.1, 0.15) is 11.7 Å². The molecule has 0 spiro atoms. The van der Waals surface area contributed by atoms with Crippen molar-refractivity contribution in [1.82, 2.24) is 0 Å². The zero-order valence-electron chi connectivity index (χ0n) is 10.6. The number of halogens is 1. The Kier molecular flexibility index (Phi) is 4.48. The van der Waals surface area contributed by atoms with Crippen LogP contribution >= 0.6 is 15.9 Å². The number of methoxy groups -OCH3 is 1. The van der Waals surface area contributed by atoms with Gasteiger partial charge < -0.3 is 14.6 Å². The first-order valence-electron chi connectivity index (χ1n) is 5.75. The van der Waals surface area contributed by atoms with Crippen molar-refractivity contribution in [1.29, 1.82) is 0 Å². The molecule has 0 saturated carbocycles. The van der Waals surface area contributed by atoms with E-state index in [1.54, 1.807) is 0 Å². The number of sulfone groups is 1. The number of aliphatic hydroxyl groups excluding tert-OH is 1. The number of carbonyl (C=O) groups excluding carboxylic acids is 1. The number of benzene rings is 1. The summed E-state index contributed by atoms with van der Waals surface area (Å²) < 4.78 is 34.1. The minimum absolute atomic E-state index is 0.117. The summed E-state index contributed by atoms with van der Waals surface area (Å²) in [6, 6.07) is 4.14. The van der Waals surface area contributed by atoms with E-state index >= 15 is 0 Å². The zero-order valence-corrected chi connectivity index (χ0v) is 13.0. The summed E-state index contributed by atoms with van der Waals surface area (Å²) in [6.45, 7) is 0.364. The molecule has 110 valence electrons. The summed E-state index contributed by atoms with van der Waals surface area (Å²) >= 11 is 3.16. The highest BCUT2D eigenvalue weighted by atomic mass is 79.9. The van der Waals surface area contributed by atoms with Crippen molar-refractivity contribution in [2.75, 3.05) is 20.3 Å². The summed E-state index contributed by atoms with van der Waals surface area (Å²) in [6.07, 6.45) is -1.44. The molecule has 1 fully saturated rings. The summed E-state index contributed by atoms with van der Waals surface area (Å²) in [7, 11) is -2.31. The standard InChI is InChI=1S/C12H13BrO6S/c1-18-12(15)11(14)7-2-3-10(9(13)4-7)20(16,17)8-5-19-6-8/h2-4,8,11,14H,5-6H2,1H3. The molecule has 0 aromatic heterocycles. The van der Waals surface area contributed by atoms with E-state index in [2.05, 4.69) is 20.7 Å². The Bertz CT molecular complexity index is 623. The molecule has 0 bridgehead atoms. The van der Waals surface area contributed by atoms with Crippen molar-refractivity contribution in [3.05, 3.63) is 28.2 Å². The Morgan fingerprint density at radius 2 is 2.15 bits per heavy atom. The first-order valence-corrected chi connectivity index (χ1v) is 8.09. The number of aliphatic hydroxyl groups is 1. The lowest BCUT2D eigenvalue weighted by Gasteiger charge is -2.26. The maximum atomic E-state index is 12.2. The Balaban J connectivity index is 2.33. The molecule has 0 amide bonds. The third-order valence-corrected chi connectivity index (χ3v) is 6.09. The fraction of sp³-hybridized carbons (Fsp3) is 0.417. The zero-order chi connectivity index (χ0) is 14.9. The molecule has 0 radical (unpaired) electrons. The average molecular weight is 365 g/mol. The van der Waals surface area contributed by atoms with Gasteiger partial charge in [-0.2, -0.15) is 0 Å². The second-order valence-electron chi connectivity index (χ2n) is 4.32. The normalized spacial score (nSPS) is 17.4. The first kappa shape index (κ1) is 15.4. The van der Waals surface area contributed by atoms with Gasteiger partial charge >= 0.3 is 5.97 Å². The van der Waals surface area contributed by atoms with Crippen LogP contribution in [0.5, 0.6) is 0 Å².